The van der Waals surface area contributed by atoms with Gasteiger partial charge in [0.05, 0.1) is 114 Å². The van der Waals surface area contributed by atoms with Crippen molar-refractivity contribution in [3.8, 4) is 0 Å². The zero-order chi connectivity index (χ0) is 101. The van der Waals surface area contributed by atoms with Crippen LogP contribution in [-0.4, -0.2) is 101 Å². The number of para-hydroxylation sites is 8. The molecule has 0 bridgehead atoms. The van der Waals surface area contributed by atoms with Gasteiger partial charge in [-0.25, -0.2) is 0 Å². The first-order valence-electron chi connectivity index (χ1n) is 52.8. The van der Waals surface area contributed by atoms with Gasteiger partial charge < -0.3 is 0 Å². The molecule has 0 unspecified atom stereocenters. The molecular weight excluding hydrogens is 1970 g/mol. The number of rotatable bonds is 28. The Hall–Kier alpha value is -9.56. The molecule has 12 aromatic carbocycles. The molecule has 0 radical (unpaired) electrons. The van der Waals surface area contributed by atoms with E-state index in [2.05, 4.69) is 513 Å². The van der Waals surface area contributed by atoms with E-state index < -0.39 is 6.96 Å². The molecule has 4 aliphatic heterocycles. The standard InChI is InChI=1S/C37H42N2.C35H36Br2N2.C29H42N2.C27H36Br2N2/c1-8-14-27-19-11-20-28(15-9-2)34(27)39-36-31-23-13-18-26-17-12-22-30(32(26)31)35(36)38(37(39,6)7)33-25(5)16-10-21-29(33)24(3)4;1-6-12-25-17-9-18-26(13-7-2)32(25)39-34-29-21-11-16-24-15-10-20-28(30(24)29)33(34)38(35(39,36)37)31-23(5)14-8-19-27(31)22(3)4;1-10-14-24-17-13-18-25(15-11-2)28(24)31-23(7)22(6)30(29(31,8)9)27-21(5)16-12-19-26(27)20(3)4;1-8-12-22-15-11-16-23(13-9-2)26(22)31-21(7)20(6)30(27(31,28)29)25-19(5)14-10-17-24(25)18(3)4/h10-13,16-24H,8-9,14-15H2,1-7H3;8-11,14-22H,6-7,12-13H2,1-5H3;12-13,16-20H,10-11,14-15H2,1-9H3;10-11,14-18H,8-9,12-13H2,1-7H3/q4*+2. The highest BCUT2D eigenvalue weighted by Crippen LogP contribution is 2.55. The molecule has 0 aromatic heterocycles. The summed E-state index contributed by atoms with van der Waals surface area (Å²) in [5.74, 6) is 1.74. The first-order valence-corrected chi connectivity index (χ1v) is 56.0. The first kappa shape index (κ1) is 105. The smallest absolute Gasteiger partial charge is 0.126 e. The molecule has 18 rings (SSSR count). The Bertz CT molecular complexity index is 6590. The molecule has 0 saturated carbocycles. The van der Waals surface area contributed by atoms with E-state index in [0.29, 0.717) is 23.7 Å². The lowest BCUT2D eigenvalue weighted by Gasteiger charge is -2.23. The quantitative estimate of drug-likeness (QED) is 0.0265. The third kappa shape index (κ3) is 18.6. The molecular formula is C128H156Br4N8+8. The van der Waals surface area contributed by atoms with Crippen LogP contribution in [0.4, 0.5) is 45.5 Å². The lowest BCUT2D eigenvalue weighted by molar-refractivity contribution is -0.741. The van der Waals surface area contributed by atoms with Crippen molar-refractivity contribution < 1.29 is 36.6 Å². The van der Waals surface area contributed by atoms with E-state index in [-0.39, 0.29) is 11.3 Å². The number of hydrogen-bond acceptors (Lipinski definition) is 0. The molecule has 6 aliphatic rings. The van der Waals surface area contributed by atoms with Gasteiger partial charge in [-0.05, 0) is 138 Å². The molecule has 0 saturated heterocycles. The molecule has 0 amide bonds. The predicted octanol–water partition coefficient (Wildman–Crippen LogP) is 35.1. The molecule has 728 valence electrons. The van der Waals surface area contributed by atoms with Crippen molar-refractivity contribution in [1.29, 1.82) is 0 Å². The SMILES string of the molecule is CCCc1cccc(CCC)c1[N+]1=C(C)C(C)=[N+](c2c(C)cccc2C(C)C)C1(Br)Br.CCCc1cccc(CCC)c1[N+]1=C(C)C(C)=[N+](c2c(C)cccc2C(C)C)C1(C)C.CCCc1cccc(CCC)c1[N+]1=C2C(=[N+](c3c(C)cccc3C(C)C)C1(Br)Br)c1cccc3cccc2c13.CCCc1cccc(CCC)c1[N+]1=C2C(=[N+](c3c(C)cccc3C(C)C)C1(C)C)c1cccc3cccc2c13. The van der Waals surface area contributed by atoms with Gasteiger partial charge in [-0.1, -0.05) is 356 Å². The molecule has 8 nitrogen and oxygen atoms in total. The van der Waals surface area contributed by atoms with E-state index in [1.807, 2.05) is 0 Å². The number of halogens is 4. The van der Waals surface area contributed by atoms with Crippen molar-refractivity contribution >= 4 is 176 Å². The average molecular weight is 2130 g/mol. The van der Waals surface area contributed by atoms with Gasteiger partial charge in [0, 0.05) is 127 Å². The molecule has 4 heterocycles. The number of nitrogens with zero attached hydrogens (tertiary/aromatic N) is 8. The number of aryl methyl sites for hydroxylation is 12. The van der Waals surface area contributed by atoms with Gasteiger partial charge in [-0.15, -0.1) is 36.6 Å². The molecule has 0 spiro atoms. The summed E-state index contributed by atoms with van der Waals surface area (Å²) in [6.45, 7) is 64.4. The Morgan fingerprint density at radius 3 is 0.671 bits per heavy atom. The molecule has 2 aliphatic carbocycles. The number of hydrogen-bond donors (Lipinski definition) is 0. The second-order valence-electron chi connectivity index (χ2n) is 42.2. The summed E-state index contributed by atoms with van der Waals surface area (Å²) in [6.07, 6.45) is 17.7. The minimum absolute atomic E-state index is 0.184. The van der Waals surface area contributed by atoms with Crippen molar-refractivity contribution in [3.63, 3.8) is 0 Å². The van der Waals surface area contributed by atoms with Crippen LogP contribution < -0.4 is 0 Å². The fraction of sp³-hybridized carbons (Fsp3) is 0.406. The van der Waals surface area contributed by atoms with Gasteiger partial charge in [0.1, 0.15) is 0 Å². The molecule has 0 atom stereocenters. The summed E-state index contributed by atoms with van der Waals surface area (Å²) in [5, 5.41) is 5.35. The molecule has 140 heavy (non-hydrogen) atoms. The average Bonchev–Trinajstić information content (AvgIpc) is 1.52. The third-order valence-corrected chi connectivity index (χ3v) is 33.0. The van der Waals surface area contributed by atoms with E-state index in [4.69, 9.17) is 0 Å². The number of benzene rings is 12. The van der Waals surface area contributed by atoms with Crippen LogP contribution in [0.2, 0.25) is 0 Å². The largest absolute Gasteiger partial charge is 0.473 e. The lowest BCUT2D eigenvalue weighted by atomic mass is 9.95. The summed E-state index contributed by atoms with van der Waals surface area (Å²) in [5.41, 5.74) is 48.5. The number of fused-ring (bicyclic) bond motifs is 6. The van der Waals surface area contributed by atoms with Crippen LogP contribution in [-0.2, 0) is 51.4 Å². The van der Waals surface area contributed by atoms with Gasteiger partial charge in [-0.2, -0.15) is 0 Å². The van der Waals surface area contributed by atoms with Gasteiger partial charge >= 0.3 is 18.3 Å². The van der Waals surface area contributed by atoms with Crippen molar-refractivity contribution in [2.45, 2.75) is 339 Å². The van der Waals surface area contributed by atoms with Crippen LogP contribution >= 0.6 is 63.7 Å². The first-order chi connectivity index (χ1) is 66.9. The predicted molar refractivity (Wildman–Crippen MR) is 615 cm³/mol. The minimum Gasteiger partial charge on any atom is -0.126 e. The molecule has 0 N–H and O–H groups in total. The topological polar surface area (TPSA) is 24.1 Å². The van der Waals surface area contributed by atoms with Crippen molar-refractivity contribution in [1.82, 2.24) is 0 Å². The second kappa shape index (κ2) is 43.2. The van der Waals surface area contributed by atoms with E-state index in [1.54, 1.807) is 0 Å². The summed E-state index contributed by atoms with van der Waals surface area (Å²) >= 11 is 16.9. The highest BCUT2D eigenvalue weighted by molar-refractivity contribution is 9.25. The van der Waals surface area contributed by atoms with Gasteiger partial charge in [0.2, 0.25) is 45.5 Å². The monoisotopic (exact) mass is 2120 g/mol. The van der Waals surface area contributed by atoms with E-state index in [9.17, 15) is 0 Å². The summed E-state index contributed by atoms with van der Waals surface area (Å²) < 4.78 is 19.4. The fourth-order valence-electron chi connectivity index (χ4n) is 24.0. The Kier molecular flexibility index (Phi) is 32.3. The fourth-order valence-corrected chi connectivity index (χ4v) is 27.2. The highest BCUT2D eigenvalue weighted by atomic mass is 79.9. The van der Waals surface area contributed by atoms with Crippen LogP contribution in [0, 0.1) is 27.7 Å². The van der Waals surface area contributed by atoms with Crippen molar-refractivity contribution in [3.05, 3.63) is 330 Å². The zero-order valence-electron chi connectivity index (χ0n) is 89.5. The molecule has 12 heteroatoms. The maximum absolute atomic E-state index is 4.32. The van der Waals surface area contributed by atoms with E-state index >= 15 is 0 Å². The summed E-state index contributed by atoms with van der Waals surface area (Å²) in [6, 6.07) is 81.9. The summed E-state index contributed by atoms with van der Waals surface area (Å²) in [4.78, 5) is 0. The van der Waals surface area contributed by atoms with Crippen molar-refractivity contribution in [2.24, 2.45) is 0 Å². The molecule has 0 fully saturated rings. The van der Waals surface area contributed by atoms with Crippen LogP contribution in [0.15, 0.2) is 218 Å². The van der Waals surface area contributed by atoms with E-state index in [0.717, 1.165) is 103 Å². The summed E-state index contributed by atoms with van der Waals surface area (Å²) in [7, 11) is 0. The lowest BCUT2D eigenvalue weighted by Crippen LogP contribution is -2.41. The molecule has 12 aromatic rings. The Balaban J connectivity index is 0.000000142. The van der Waals surface area contributed by atoms with Crippen LogP contribution in [0.3, 0.4) is 0 Å². The maximum Gasteiger partial charge on any atom is 0.473 e. The Morgan fingerprint density at radius 2 is 0.393 bits per heavy atom. The zero-order valence-corrected chi connectivity index (χ0v) is 95.8. The highest BCUT2D eigenvalue weighted by Gasteiger charge is 2.67. The van der Waals surface area contributed by atoms with Gasteiger partial charge in [-0.3, -0.25) is 0 Å². The Labute approximate surface area is 874 Å². The van der Waals surface area contributed by atoms with Crippen LogP contribution in [0.1, 0.15) is 352 Å². The van der Waals surface area contributed by atoms with Gasteiger partial charge in [0.25, 0.3) is 45.7 Å². The third-order valence-electron chi connectivity index (χ3n) is 30.1. The normalized spacial score (nSPS) is 15.9. The van der Waals surface area contributed by atoms with Crippen LogP contribution in [0.25, 0.3) is 21.5 Å². The minimum atomic E-state index is -0.678. The second-order valence-corrected chi connectivity index (χ2v) is 48.8. The maximum atomic E-state index is 4.32. The van der Waals surface area contributed by atoms with Crippen LogP contribution in [0.5, 0.6) is 0 Å². The Morgan fingerprint density at radius 1 is 0.214 bits per heavy atom. The number of alkyl halides is 4. The van der Waals surface area contributed by atoms with Crippen molar-refractivity contribution in [2.75, 3.05) is 0 Å². The van der Waals surface area contributed by atoms with Gasteiger partial charge in [0.15, 0.2) is 0 Å². The van der Waals surface area contributed by atoms with E-state index in [1.165, 1.54) is 224 Å².